The lowest BCUT2D eigenvalue weighted by Gasteiger charge is -2.21. The Morgan fingerprint density at radius 3 is 2.73 bits per heavy atom. The van der Waals surface area contributed by atoms with E-state index in [0.717, 1.165) is 42.6 Å². The van der Waals surface area contributed by atoms with Gasteiger partial charge in [-0.3, -0.25) is 4.79 Å². The van der Waals surface area contributed by atoms with Crippen LogP contribution in [0.2, 0.25) is 0 Å². The van der Waals surface area contributed by atoms with Crippen molar-refractivity contribution in [3.8, 4) is 11.8 Å². The van der Waals surface area contributed by atoms with E-state index in [9.17, 15) is 10.1 Å². The number of methoxy groups -OCH3 is 1. The molecule has 0 heterocycles. The molecule has 0 radical (unpaired) electrons. The number of benzene rings is 1. The molecule has 1 aromatic rings. The largest absolute Gasteiger partial charge is 0.496 e. The van der Waals surface area contributed by atoms with Crippen molar-refractivity contribution in [1.29, 1.82) is 5.26 Å². The molecular weight excluding hydrogens is 276 g/mol. The van der Waals surface area contributed by atoms with Gasteiger partial charge in [-0.1, -0.05) is 23.8 Å². The number of rotatable bonds is 5. The van der Waals surface area contributed by atoms with Crippen LogP contribution in [0.5, 0.6) is 5.75 Å². The van der Waals surface area contributed by atoms with Crippen molar-refractivity contribution < 1.29 is 9.53 Å². The highest BCUT2D eigenvalue weighted by Gasteiger charge is 2.34. The zero-order chi connectivity index (χ0) is 16.0. The third-order valence-corrected chi connectivity index (χ3v) is 4.07. The lowest BCUT2D eigenvalue weighted by molar-refractivity contribution is -0.117. The summed E-state index contributed by atoms with van der Waals surface area (Å²) in [5.74, 6) is 0.635. The van der Waals surface area contributed by atoms with Crippen LogP contribution in [0.15, 0.2) is 35.9 Å². The van der Waals surface area contributed by atoms with Gasteiger partial charge in [-0.05, 0) is 50.7 Å². The Balaban J connectivity index is 2.02. The van der Waals surface area contributed by atoms with E-state index in [4.69, 9.17) is 4.74 Å². The third kappa shape index (κ3) is 3.88. The minimum absolute atomic E-state index is 0.184. The number of ether oxygens (including phenoxy) is 1. The molecule has 1 aliphatic carbocycles. The van der Waals surface area contributed by atoms with Gasteiger partial charge in [-0.2, -0.15) is 5.26 Å². The molecule has 0 unspecified atom stereocenters. The van der Waals surface area contributed by atoms with Gasteiger partial charge < -0.3 is 10.1 Å². The van der Waals surface area contributed by atoms with Crippen molar-refractivity contribution in [3.05, 3.63) is 41.5 Å². The van der Waals surface area contributed by atoms with Gasteiger partial charge in [0.1, 0.15) is 11.3 Å². The third-order valence-electron chi connectivity index (χ3n) is 4.07. The van der Waals surface area contributed by atoms with Crippen LogP contribution in [-0.4, -0.2) is 18.6 Å². The number of allylic oxidation sites excluding steroid dienone is 1. The van der Waals surface area contributed by atoms with Gasteiger partial charge in [-0.15, -0.1) is 0 Å². The standard InChI is InChI=1S/C18H22N2O2/c1-14(11-15-7-3-4-8-16(15)22-2)12-17(21)20-18(13-19)9-5-6-10-18/h3-4,7-8,12H,5-6,9-11H2,1-2H3,(H,20,21). The van der Waals surface area contributed by atoms with Crippen molar-refractivity contribution in [2.75, 3.05) is 7.11 Å². The molecule has 1 saturated carbocycles. The Bertz CT molecular complexity index is 608. The number of nitriles is 1. The average molecular weight is 298 g/mol. The van der Waals surface area contributed by atoms with E-state index in [1.807, 2.05) is 31.2 Å². The smallest absolute Gasteiger partial charge is 0.245 e. The second-order valence-corrected chi connectivity index (χ2v) is 5.87. The molecule has 1 aliphatic rings. The molecule has 4 heteroatoms. The second-order valence-electron chi connectivity index (χ2n) is 5.87. The number of para-hydroxylation sites is 1. The predicted octanol–water partition coefficient (Wildman–Crippen LogP) is 3.14. The molecule has 0 aromatic heterocycles. The number of nitrogens with zero attached hydrogens (tertiary/aromatic N) is 1. The Kier molecular flexibility index (Phi) is 5.21. The highest BCUT2D eigenvalue weighted by molar-refractivity contribution is 5.89. The number of amides is 1. The van der Waals surface area contributed by atoms with E-state index in [2.05, 4.69) is 11.4 Å². The summed E-state index contributed by atoms with van der Waals surface area (Å²) >= 11 is 0. The number of carbonyl (C=O) groups excluding carboxylic acids is 1. The van der Waals surface area contributed by atoms with Crippen molar-refractivity contribution in [1.82, 2.24) is 5.32 Å². The first-order valence-electron chi connectivity index (χ1n) is 7.61. The summed E-state index contributed by atoms with van der Waals surface area (Å²) in [5, 5.41) is 12.2. The maximum atomic E-state index is 12.1. The molecule has 1 amide bonds. The SMILES string of the molecule is COc1ccccc1CC(C)=CC(=O)NC1(C#N)CCCC1. The summed E-state index contributed by atoms with van der Waals surface area (Å²) in [6.07, 6.45) is 5.72. The lowest BCUT2D eigenvalue weighted by Crippen LogP contribution is -2.44. The van der Waals surface area contributed by atoms with Crippen molar-refractivity contribution in [3.63, 3.8) is 0 Å². The first-order valence-corrected chi connectivity index (χ1v) is 7.61. The number of hydrogen-bond acceptors (Lipinski definition) is 3. The summed E-state index contributed by atoms with van der Waals surface area (Å²) in [4.78, 5) is 12.1. The molecule has 2 rings (SSSR count). The van der Waals surface area contributed by atoms with Crippen LogP contribution in [-0.2, 0) is 11.2 Å². The predicted molar refractivity (Wildman–Crippen MR) is 85.4 cm³/mol. The van der Waals surface area contributed by atoms with Gasteiger partial charge in [0.25, 0.3) is 0 Å². The first kappa shape index (κ1) is 16.1. The normalized spacial score (nSPS) is 16.9. The van der Waals surface area contributed by atoms with Gasteiger partial charge in [0, 0.05) is 6.08 Å². The van der Waals surface area contributed by atoms with Crippen LogP contribution >= 0.6 is 0 Å². The zero-order valence-electron chi connectivity index (χ0n) is 13.2. The Morgan fingerprint density at radius 1 is 1.41 bits per heavy atom. The maximum absolute atomic E-state index is 12.1. The minimum atomic E-state index is -0.668. The van der Waals surface area contributed by atoms with Gasteiger partial charge >= 0.3 is 0 Å². The molecule has 1 aromatic carbocycles. The van der Waals surface area contributed by atoms with E-state index >= 15 is 0 Å². The highest BCUT2D eigenvalue weighted by Crippen LogP contribution is 2.29. The van der Waals surface area contributed by atoms with E-state index < -0.39 is 5.54 Å². The van der Waals surface area contributed by atoms with E-state index in [1.54, 1.807) is 13.2 Å². The van der Waals surface area contributed by atoms with E-state index in [0.29, 0.717) is 6.42 Å². The quantitative estimate of drug-likeness (QED) is 0.849. The molecule has 1 fully saturated rings. The summed E-state index contributed by atoms with van der Waals surface area (Å²) in [6, 6.07) is 10.0. The fourth-order valence-corrected chi connectivity index (χ4v) is 2.94. The van der Waals surface area contributed by atoms with Crippen LogP contribution in [0.4, 0.5) is 0 Å². The second kappa shape index (κ2) is 7.13. The number of carbonyl (C=O) groups is 1. The number of nitrogens with one attached hydrogen (secondary N) is 1. The van der Waals surface area contributed by atoms with Crippen LogP contribution < -0.4 is 10.1 Å². The molecule has 116 valence electrons. The Morgan fingerprint density at radius 2 is 2.09 bits per heavy atom. The zero-order valence-corrected chi connectivity index (χ0v) is 13.2. The van der Waals surface area contributed by atoms with Gasteiger partial charge in [0.2, 0.25) is 5.91 Å². The fourth-order valence-electron chi connectivity index (χ4n) is 2.94. The molecule has 0 bridgehead atoms. The molecule has 0 atom stereocenters. The van der Waals surface area contributed by atoms with Crippen LogP contribution in [0.3, 0.4) is 0 Å². The maximum Gasteiger partial charge on any atom is 0.245 e. The minimum Gasteiger partial charge on any atom is -0.496 e. The van der Waals surface area contributed by atoms with E-state index in [-0.39, 0.29) is 5.91 Å². The van der Waals surface area contributed by atoms with Crippen LogP contribution in [0, 0.1) is 11.3 Å². The molecule has 4 nitrogen and oxygen atoms in total. The van der Waals surface area contributed by atoms with Gasteiger partial charge in [0.05, 0.1) is 13.2 Å². The first-order chi connectivity index (χ1) is 10.6. The molecule has 0 aliphatic heterocycles. The topological polar surface area (TPSA) is 62.1 Å². The van der Waals surface area contributed by atoms with Crippen LogP contribution in [0.25, 0.3) is 0 Å². The van der Waals surface area contributed by atoms with Gasteiger partial charge in [-0.25, -0.2) is 0 Å². The molecule has 0 saturated heterocycles. The monoisotopic (exact) mass is 298 g/mol. The summed E-state index contributed by atoms with van der Waals surface area (Å²) in [6.45, 7) is 1.92. The molecule has 0 spiro atoms. The van der Waals surface area contributed by atoms with Gasteiger partial charge in [0.15, 0.2) is 0 Å². The van der Waals surface area contributed by atoms with Crippen LogP contribution in [0.1, 0.15) is 38.2 Å². The Labute approximate surface area is 131 Å². The summed E-state index contributed by atoms with van der Waals surface area (Å²) < 4.78 is 5.32. The van der Waals surface area contributed by atoms with Crippen molar-refractivity contribution in [2.45, 2.75) is 44.6 Å². The highest BCUT2D eigenvalue weighted by atomic mass is 16.5. The number of hydrogen-bond donors (Lipinski definition) is 1. The Hall–Kier alpha value is -2.28. The molecule has 22 heavy (non-hydrogen) atoms. The lowest BCUT2D eigenvalue weighted by atomic mass is 9.99. The van der Waals surface area contributed by atoms with Crippen molar-refractivity contribution >= 4 is 5.91 Å². The van der Waals surface area contributed by atoms with E-state index in [1.165, 1.54) is 0 Å². The summed E-state index contributed by atoms with van der Waals surface area (Å²) in [5.41, 5.74) is 1.31. The van der Waals surface area contributed by atoms with Crippen molar-refractivity contribution in [2.24, 2.45) is 0 Å². The summed E-state index contributed by atoms with van der Waals surface area (Å²) in [7, 11) is 1.64. The molecule has 1 N–H and O–H groups in total. The fraction of sp³-hybridized carbons (Fsp3) is 0.444. The average Bonchev–Trinajstić information content (AvgIpc) is 2.96. The molecular formula is C18H22N2O2.